The number of rotatable bonds is 2. The maximum absolute atomic E-state index is 10.6. The van der Waals surface area contributed by atoms with E-state index in [2.05, 4.69) is 0 Å². The molecule has 0 amide bonds. The van der Waals surface area contributed by atoms with Crippen molar-refractivity contribution in [1.29, 1.82) is 0 Å². The minimum Gasteiger partial charge on any atom is -0.502 e. The first-order valence-electron chi connectivity index (χ1n) is 3.27. The third kappa shape index (κ3) is 3.75. The summed E-state index contributed by atoms with van der Waals surface area (Å²) in [7, 11) is -4.49. The van der Waals surface area contributed by atoms with Crippen molar-refractivity contribution < 1.29 is 23.0 Å². The van der Waals surface area contributed by atoms with Gasteiger partial charge in [-0.15, -0.1) is 0 Å². The molecule has 0 aliphatic heterocycles. The van der Waals surface area contributed by atoms with Crippen LogP contribution in [-0.2, 0) is 10.1 Å². The minimum absolute atomic E-state index is 0. The summed E-state index contributed by atoms with van der Waals surface area (Å²) in [5.74, 6) is -0.664. The van der Waals surface area contributed by atoms with Crippen LogP contribution in [0.4, 0.5) is 5.69 Å². The molecule has 1 aromatic rings. The van der Waals surface area contributed by atoms with Crippen molar-refractivity contribution in [3.8, 4) is 5.75 Å². The molecule has 0 spiro atoms. The predicted molar refractivity (Wildman–Crippen MR) is 50.3 cm³/mol. The zero-order valence-electron chi connectivity index (χ0n) is 7.32. The van der Waals surface area contributed by atoms with Crippen LogP contribution in [0.25, 0.3) is 0 Å². The van der Waals surface area contributed by atoms with E-state index < -0.39 is 31.4 Å². The van der Waals surface area contributed by atoms with Crippen LogP contribution in [0.1, 0.15) is 0 Å². The van der Waals surface area contributed by atoms with Gasteiger partial charge in [-0.05, 0) is 12.1 Å². The second kappa shape index (κ2) is 5.30. The number of aromatic hydroxyl groups is 1. The summed E-state index contributed by atoms with van der Waals surface area (Å²) < 4.78 is 29.7. The standard InChI is InChI=1S/C6H5NO6S.Ba/c8-6-2-1-4(14(11,12)13)3-5(6)7(9)10;/h1-3,8H,(H,11,12,13);/q;+2. The summed E-state index contributed by atoms with van der Waals surface area (Å²) in [6, 6.07) is 2.25. The zero-order chi connectivity index (χ0) is 10.9. The zero-order valence-corrected chi connectivity index (χ0v) is 12.6. The number of benzene rings is 1. The Labute approximate surface area is 125 Å². The quantitative estimate of drug-likeness (QED) is 0.337. The summed E-state index contributed by atoms with van der Waals surface area (Å²) in [6.07, 6.45) is 0. The van der Waals surface area contributed by atoms with Crippen molar-refractivity contribution in [2.75, 3.05) is 0 Å². The SMILES string of the molecule is O=[N+]([O-])c1cc(S(=O)(=O)O)ccc1O.[Ba+2]. The van der Waals surface area contributed by atoms with Gasteiger partial charge in [0.15, 0.2) is 5.75 Å². The maximum atomic E-state index is 10.6. The maximum Gasteiger partial charge on any atom is 2.00 e. The first-order valence-corrected chi connectivity index (χ1v) is 4.71. The van der Waals surface area contributed by atoms with Gasteiger partial charge in [-0.25, -0.2) is 0 Å². The fourth-order valence-electron chi connectivity index (χ4n) is 0.810. The fraction of sp³-hybridized carbons (Fsp3) is 0. The Morgan fingerprint density at radius 1 is 1.33 bits per heavy atom. The Bertz CT molecular complexity index is 484. The van der Waals surface area contributed by atoms with Crippen molar-refractivity contribution in [3.63, 3.8) is 0 Å². The molecule has 1 rings (SSSR count). The van der Waals surface area contributed by atoms with Crippen LogP contribution in [0.2, 0.25) is 0 Å². The molecule has 0 fully saturated rings. The molecule has 1 aromatic carbocycles. The van der Waals surface area contributed by atoms with Gasteiger partial charge in [0.2, 0.25) is 0 Å². The molecule has 0 unspecified atom stereocenters. The van der Waals surface area contributed by atoms with Crippen molar-refractivity contribution >= 4 is 64.7 Å². The van der Waals surface area contributed by atoms with E-state index in [0.29, 0.717) is 6.07 Å². The Hall–Kier alpha value is -0.0986. The number of phenols is 1. The van der Waals surface area contributed by atoms with E-state index in [0.717, 1.165) is 12.1 Å². The number of nitrogens with zero attached hydrogens (tertiary/aromatic N) is 1. The van der Waals surface area contributed by atoms with Crippen molar-refractivity contribution in [2.45, 2.75) is 4.90 Å². The van der Waals surface area contributed by atoms with Crippen molar-refractivity contribution in [3.05, 3.63) is 28.3 Å². The molecule has 9 heteroatoms. The van der Waals surface area contributed by atoms with Gasteiger partial charge in [0.25, 0.3) is 10.1 Å². The molecule has 0 aliphatic rings. The Kier molecular flexibility index (Phi) is 5.26. The summed E-state index contributed by atoms with van der Waals surface area (Å²) in [6.45, 7) is 0. The van der Waals surface area contributed by atoms with Gasteiger partial charge in [-0.2, -0.15) is 8.42 Å². The Morgan fingerprint density at radius 2 is 1.87 bits per heavy atom. The third-order valence-corrected chi connectivity index (χ3v) is 2.29. The van der Waals surface area contributed by atoms with Crippen molar-refractivity contribution in [1.82, 2.24) is 0 Å². The van der Waals surface area contributed by atoms with Crippen LogP contribution in [-0.4, -0.2) is 71.9 Å². The minimum atomic E-state index is -4.49. The van der Waals surface area contributed by atoms with E-state index in [1.165, 1.54) is 0 Å². The second-order valence-corrected chi connectivity index (χ2v) is 3.80. The molecule has 15 heavy (non-hydrogen) atoms. The molecule has 0 heterocycles. The Morgan fingerprint density at radius 3 is 2.27 bits per heavy atom. The topological polar surface area (TPSA) is 118 Å². The Balaban J connectivity index is 0.00000196. The van der Waals surface area contributed by atoms with Crippen LogP contribution in [0.5, 0.6) is 5.75 Å². The molecule has 2 N–H and O–H groups in total. The first kappa shape index (κ1) is 14.9. The molecular formula is C6H5BaNO6S+2. The van der Waals surface area contributed by atoms with Gasteiger partial charge in [0.05, 0.1) is 4.92 Å². The van der Waals surface area contributed by atoms with Gasteiger partial charge >= 0.3 is 54.6 Å². The van der Waals surface area contributed by atoms with E-state index in [4.69, 9.17) is 9.66 Å². The van der Waals surface area contributed by atoms with Gasteiger partial charge in [0, 0.05) is 6.07 Å². The van der Waals surface area contributed by atoms with Gasteiger partial charge in [0.1, 0.15) is 4.90 Å². The molecule has 76 valence electrons. The van der Waals surface area contributed by atoms with Crippen LogP contribution in [0.15, 0.2) is 23.1 Å². The number of nitro groups is 1. The summed E-state index contributed by atoms with van der Waals surface area (Å²) in [5.41, 5.74) is -0.778. The molecule has 7 nitrogen and oxygen atoms in total. The van der Waals surface area contributed by atoms with E-state index in [9.17, 15) is 18.5 Å². The number of phenolic OH excluding ortho intramolecular Hbond substituents is 1. The van der Waals surface area contributed by atoms with Crippen LogP contribution in [0, 0.1) is 10.1 Å². The van der Waals surface area contributed by atoms with Crippen LogP contribution >= 0.6 is 0 Å². The fourth-order valence-corrected chi connectivity index (χ4v) is 1.31. The number of nitro benzene ring substituents is 1. The molecule has 0 atom stereocenters. The van der Waals surface area contributed by atoms with Gasteiger partial charge < -0.3 is 5.11 Å². The average molecular weight is 357 g/mol. The summed E-state index contributed by atoms with van der Waals surface area (Å²) in [4.78, 5) is 8.68. The largest absolute Gasteiger partial charge is 2.00 e. The molecule has 0 aromatic heterocycles. The van der Waals surface area contributed by atoms with E-state index >= 15 is 0 Å². The second-order valence-electron chi connectivity index (χ2n) is 2.38. The number of hydrogen-bond donors (Lipinski definition) is 2. The van der Waals surface area contributed by atoms with Crippen molar-refractivity contribution in [2.24, 2.45) is 0 Å². The molecule has 0 bridgehead atoms. The first-order chi connectivity index (χ1) is 6.32. The number of hydrogen-bond acceptors (Lipinski definition) is 5. The smallest absolute Gasteiger partial charge is 0.502 e. The molecule has 0 saturated carbocycles. The van der Waals surface area contributed by atoms with Gasteiger partial charge in [-0.3, -0.25) is 14.7 Å². The van der Waals surface area contributed by atoms with Gasteiger partial charge in [-0.1, -0.05) is 0 Å². The molecule has 0 saturated heterocycles. The average Bonchev–Trinajstić information content (AvgIpc) is 2.02. The molecule has 0 radical (unpaired) electrons. The molecular weight excluding hydrogens is 351 g/mol. The van der Waals surface area contributed by atoms with E-state index in [1.807, 2.05) is 0 Å². The summed E-state index contributed by atoms with van der Waals surface area (Å²) in [5, 5.41) is 19.2. The van der Waals surface area contributed by atoms with E-state index in [-0.39, 0.29) is 48.9 Å². The summed E-state index contributed by atoms with van der Waals surface area (Å²) >= 11 is 0. The van der Waals surface area contributed by atoms with Crippen LogP contribution < -0.4 is 0 Å². The monoisotopic (exact) mass is 357 g/mol. The van der Waals surface area contributed by atoms with E-state index in [1.54, 1.807) is 0 Å². The normalized spacial score (nSPS) is 10.5. The third-order valence-electron chi connectivity index (χ3n) is 1.44. The molecule has 0 aliphatic carbocycles. The predicted octanol–water partition coefficient (Wildman–Crippen LogP) is 0.166. The van der Waals surface area contributed by atoms with Crippen LogP contribution in [0.3, 0.4) is 0 Å².